The Morgan fingerprint density at radius 3 is 3.04 bits per heavy atom. The fourth-order valence-electron chi connectivity index (χ4n) is 2.47. The quantitative estimate of drug-likeness (QED) is 0.869. The Labute approximate surface area is 139 Å². The minimum absolute atomic E-state index is 0.00721. The van der Waals surface area contributed by atoms with Crippen molar-refractivity contribution in [1.82, 2.24) is 5.32 Å². The number of ether oxygens (including phenoxy) is 1. The Morgan fingerprint density at radius 2 is 2.30 bits per heavy atom. The molecular weight excluding hydrogens is 338 g/mol. The largest absolute Gasteiger partial charge is 0.383 e. The summed E-state index contributed by atoms with van der Waals surface area (Å²) < 4.78 is 32.0. The van der Waals surface area contributed by atoms with Crippen LogP contribution in [0.1, 0.15) is 17.3 Å². The number of sulfonamides is 1. The van der Waals surface area contributed by atoms with Gasteiger partial charge in [0.15, 0.2) is 5.17 Å². The zero-order chi connectivity index (χ0) is 16.6. The van der Waals surface area contributed by atoms with Crippen LogP contribution in [0.15, 0.2) is 27.5 Å². The van der Waals surface area contributed by atoms with Gasteiger partial charge in [0.25, 0.3) is 15.9 Å². The van der Waals surface area contributed by atoms with Gasteiger partial charge >= 0.3 is 0 Å². The molecule has 0 spiro atoms. The molecule has 1 aromatic carbocycles. The van der Waals surface area contributed by atoms with Crippen molar-refractivity contribution in [2.45, 2.75) is 17.9 Å². The molecule has 0 aromatic heterocycles. The molecule has 0 radical (unpaired) electrons. The Balaban J connectivity index is 1.82. The molecule has 23 heavy (non-hydrogen) atoms. The molecule has 0 aliphatic carbocycles. The number of carbonyl (C=O) groups excluding carboxylic acids is 1. The molecule has 3 rings (SSSR count). The number of anilines is 1. The first-order valence-corrected chi connectivity index (χ1v) is 9.54. The SMILES string of the molecule is COCC(C)NC(=O)c1ccc2c(c1)SC1=NS(=O)(=O)CCN12. The predicted octanol–water partition coefficient (Wildman–Crippen LogP) is 1.06. The van der Waals surface area contributed by atoms with Gasteiger partial charge in [-0.1, -0.05) is 0 Å². The zero-order valence-electron chi connectivity index (χ0n) is 12.8. The van der Waals surface area contributed by atoms with Crippen LogP contribution >= 0.6 is 11.8 Å². The first-order valence-electron chi connectivity index (χ1n) is 7.11. The predicted molar refractivity (Wildman–Crippen MR) is 89.7 cm³/mol. The molecule has 9 heteroatoms. The lowest BCUT2D eigenvalue weighted by Gasteiger charge is -2.22. The summed E-state index contributed by atoms with van der Waals surface area (Å²) in [7, 11) is -1.79. The standard InChI is InChI=1S/C14H17N3O4S2/c1-9(8-21-2)15-13(18)10-3-4-11-12(7-10)22-14-16-23(19,20)6-5-17(11)14/h3-4,7,9H,5-6,8H2,1-2H3,(H,15,18). The van der Waals surface area contributed by atoms with Gasteiger partial charge in [-0.2, -0.15) is 0 Å². The van der Waals surface area contributed by atoms with Gasteiger partial charge in [-0.05, 0) is 36.9 Å². The second kappa shape index (κ2) is 6.14. The minimum atomic E-state index is -3.37. The van der Waals surface area contributed by atoms with Crippen molar-refractivity contribution in [2.75, 3.05) is 30.9 Å². The number of methoxy groups -OCH3 is 1. The third-order valence-electron chi connectivity index (χ3n) is 3.53. The summed E-state index contributed by atoms with van der Waals surface area (Å²) in [5, 5.41) is 3.31. The van der Waals surface area contributed by atoms with Crippen LogP contribution in [-0.4, -0.2) is 51.5 Å². The molecule has 7 nitrogen and oxygen atoms in total. The van der Waals surface area contributed by atoms with Gasteiger partial charge in [0.05, 0.1) is 18.0 Å². The highest BCUT2D eigenvalue weighted by molar-refractivity contribution is 8.15. The van der Waals surface area contributed by atoms with Crippen molar-refractivity contribution in [3.8, 4) is 0 Å². The smallest absolute Gasteiger partial charge is 0.257 e. The molecule has 1 atom stereocenters. The maximum atomic E-state index is 12.2. The molecule has 1 N–H and O–H groups in total. The highest BCUT2D eigenvalue weighted by Crippen LogP contribution is 2.42. The first kappa shape index (κ1) is 16.3. The van der Waals surface area contributed by atoms with E-state index in [2.05, 4.69) is 9.71 Å². The minimum Gasteiger partial charge on any atom is -0.383 e. The van der Waals surface area contributed by atoms with Gasteiger partial charge in [-0.15, -0.1) is 4.40 Å². The van der Waals surface area contributed by atoms with Crippen LogP contribution in [0, 0.1) is 0 Å². The number of hydrogen-bond donors (Lipinski definition) is 1. The molecule has 124 valence electrons. The van der Waals surface area contributed by atoms with E-state index >= 15 is 0 Å². The van der Waals surface area contributed by atoms with Gasteiger partial charge in [-0.25, -0.2) is 8.42 Å². The van der Waals surface area contributed by atoms with Crippen LogP contribution in [0.3, 0.4) is 0 Å². The number of thioether (sulfide) groups is 1. The van der Waals surface area contributed by atoms with E-state index in [9.17, 15) is 13.2 Å². The number of fused-ring (bicyclic) bond motifs is 3. The summed E-state index contributed by atoms with van der Waals surface area (Å²) in [6.45, 7) is 2.69. The molecule has 0 saturated carbocycles. The van der Waals surface area contributed by atoms with Crippen molar-refractivity contribution >= 4 is 38.5 Å². The highest BCUT2D eigenvalue weighted by Gasteiger charge is 2.33. The van der Waals surface area contributed by atoms with Crippen molar-refractivity contribution in [3.05, 3.63) is 23.8 Å². The number of nitrogens with zero attached hydrogens (tertiary/aromatic N) is 2. The van der Waals surface area contributed by atoms with E-state index in [1.165, 1.54) is 11.8 Å². The second-order valence-corrected chi connectivity index (χ2v) is 8.19. The maximum absolute atomic E-state index is 12.2. The maximum Gasteiger partial charge on any atom is 0.257 e. The third-order valence-corrected chi connectivity index (χ3v) is 5.84. The first-order chi connectivity index (χ1) is 10.9. The van der Waals surface area contributed by atoms with E-state index in [1.807, 2.05) is 17.9 Å². The molecule has 2 aliphatic heterocycles. The fourth-order valence-corrected chi connectivity index (χ4v) is 4.77. The number of rotatable bonds is 4. The summed E-state index contributed by atoms with van der Waals surface area (Å²) in [5.41, 5.74) is 1.42. The topological polar surface area (TPSA) is 88.1 Å². The number of carbonyl (C=O) groups is 1. The zero-order valence-corrected chi connectivity index (χ0v) is 14.4. The number of benzene rings is 1. The van der Waals surface area contributed by atoms with Gasteiger partial charge in [-0.3, -0.25) is 4.79 Å². The molecule has 0 saturated heterocycles. The van der Waals surface area contributed by atoms with E-state index in [1.54, 1.807) is 19.2 Å². The number of hydrogen-bond acceptors (Lipinski definition) is 6. The average Bonchev–Trinajstić information content (AvgIpc) is 2.82. The van der Waals surface area contributed by atoms with Gasteiger partial charge in [0.1, 0.15) is 0 Å². The number of nitrogens with one attached hydrogen (secondary N) is 1. The molecule has 1 amide bonds. The van der Waals surface area contributed by atoms with Crippen LogP contribution in [0.5, 0.6) is 0 Å². The molecule has 2 heterocycles. The van der Waals surface area contributed by atoms with Gasteiger partial charge < -0.3 is 15.0 Å². The second-order valence-electron chi connectivity index (χ2n) is 5.43. The van der Waals surface area contributed by atoms with Crippen LogP contribution < -0.4 is 10.2 Å². The normalized spacial score (nSPS) is 19.6. The number of amidine groups is 1. The molecule has 1 unspecified atom stereocenters. The molecule has 2 aliphatic rings. The average molecular weight is 355 g/mol. The summed E-state index contributed by atoms with van der Waals surface area (Å²) >= 11 is 1.28. The van der Waals surface area contributed by atoms with Crippen molar-refractivity contribution in [1.29, 1.82) is 0 Å². The summed E-state index contributed by atoms with van der Waals surface area (Å²) in [6, 6.07) is 5.25. The molecule has 0 fully saturated rings. The Bertz CT molecular complexity index is 776. The van der Waals surface area contributed by atoms with Crippen LogP contribution in [0.25, 0.3) is 0 Å². The summed E-state index contributed by atoms with van der Waals surface area (Å²) in [4.78, 5) is 14.9. The van der Waals surface area contributed by atoms with Crippen molar-refractivity contribution in [2.24, 2.45) is 4.40 Å². The van der Waals surface area contributed by atoms with Crippen LogP contribution in [-0.2, 0) is 14.8 Å². The Hall–Kier alpha value is -1.58. The van der Waals surface area contributed by atoms with Gasteiger partial charge in [0, 0.05) is 30.2 Å². The third kappa shape index (κ3) is 3.36. The van der Waals surface area contributed by atoms with Crippen molar-refractivity contribution < 1.29 is 17.9 Å². The summed E-state index contributed by atoms with van der Waals surface area (Å²) in [5.74, 6) is -0.176. The lowest BCUT2D eigenvalue weighted by Crippen LogP contribution is -2.36. The van der Waals surface area contributed by atoms with E-state index in [-0.39, 0.29) is 17.7 Å². The van der Waals surface area contributed by atoms with E-state index in [0.29, 0.717) is 23.9 Å². The molecular formula is C14H17N3O4S2. The van der Waals surface area contributed by atoms with Crippen molar-refractivity contribution in [3.63, 3.8) is 0 Å². The van der Waals surface area contributed by atoms with Crippen LogP contribution in [0.2, 0.25) is 0 Å². The van der Waals surface area contributed by atoms with Gasteiger partial charge in [0.2, 0.25) is 0 Å². The van der Waals surface area contributed by atoms with Crippen LogP contribution in [0.4, 0.5) is 5.69 Å². The fraction of sp³-hybridized carbons (Fsp3) is 0.429. The lowest BCUT2D eigenvalue weighted by atomic mass is 10.1. The monoisotopic (exact) mass is 355 g/mol. The Kier molecular flexibility index (Phi) is 4.35. The van der Waals surface area contributed by atoms with E-state index in [4.69, 9.17) is 4.74 Å². The summed E-state index contributed by atoms with van der Waals surface area (Å²) in [6.07, 6.45) is 0. The van der Waals surface area contributed by atoms with E-state index < -0.39 is 10.0 Å². The molecule has 1 aromatic rings. The number of amides is 1. The Morgan fingerprint density at radius 1 is 1.52 bits per heavy atom. The lowest BCUT2D eigenvalue weighted by molar-refractivity contribution is 0.0905. The highest BCUT2D eigenvalue weighted by atomic mass is 32.2. The van der Waals surface area contributed by atoms with E-state index in [0.717, 1.165) is 10.6 Å². The molecule has 0 bridgehead atoms.